The first-order valence-corrected chi connectivity index (χ1v) is 12.6. The number of benzodiazepines with no additional fused rings is 1. The summed E-state index contributed by atoms with van der Waals surface area (Å²) in [5, 5.41) is 17.2. The number of hydrogen-bond acceptors (Lipinski definition) is 5. The van der Waals surface area contributed by atoms with Crippen LogP contribution in [0.2, 0.25) is 5.02 Å². The Morgan fingerprint density at radius 3 is 2.35 bits per heavy atom. The lowest BCUT2D eigenvalue weighted by Crippen LogP contribution is -2.54. The van der Waals surface area contributed by atoms with Crippen molar-refractivity contribution in [3.63, 3.8) is 0 Å². The third kappa shape index (κ3) is 6.17. The number of aliphatic imine (C=N–C) groups is 1. The molecule has 37 heavy (non-hydrogen) atoms. The average Bonchev–Trinajstić information content (AvgIpc) is 3.03. The number of nitrogens with one attached hydrogen (secondary N) is 2. The van der Waals surface area contributed by atoms with E-state index in [0.29, 0.717) is 40.8 Å². The van der Waals surface area contributed by atoms with Crippen molar-refractivity contribution >= 4 is 40.6 Å². The van der Waals surface area contributed by atoms with Gasteiger partial charge in [-0.3, -0.25) is 14.6 Å². The van der Waals surface area contributed by atoms with Gasteiger partial charge in [0.2, 0.25) is 6.17 Å². The summed E-state index contributed by atoms with van der Waals surface area (Å²) in [4.78, 5) is 34.9. The molecule has 1 heterocycles. The summed E-state index contributed by atoms with van der Waals surface area (Å²) in [6.07, 6.45) is -2.43. The highest BCUT2D eigenvalue weighted by atomic mass is 35.5. The molecule has 3 aromatic rings. The van der Waals surface area contributed by atoms with Crippen LogP contribution in [0.25, 0.3) is 0 Å². The van der Waals surface area contributed by atoms with E-state index in [1.54, 1.807) is 30.3 Å². The fraction of sp³-hybridized carbons (Fsp3) is 0.250. The van der Waals surface area contributed by atoms with Crippen molar-refractivity contribution < 1.29 is 14.7 Å². The van der Waals surface area contributed by atoms with Gasteiger partial charge in [0.05, 0.1) is 11.4 Å². The second kappa shape index (κ2) is 12.0. The average molecular weight is 520 g/mol. The zero-order valence-corrected chi connectivity index (χ0v) is 21.5. The number of aliphatic hydroxyl groups excluding tert-OH is 1. The van der Waals surface area contributed by atoms with E-state index in [2.05, 4.69) is 10.6 Å². The van der Waals surface area contributed by atoms with Crippen molar-refractivity contribution in [2.75, 3.05) is 29.9 Å². The van der Waals surface area contributed by atoms with E-state index < -0.39 is 24.3 Å². The number of carbonyl (C=O) groups is 2. The molecule has 1 aliphatic rings. The van der Waals surface area contributed by atoms with Gasteiger partial charge in [-0.25, -0.2) is 9.79 Å². The Kier molecular flexibility index (Phi) is 8.55. The van der Waals surface area contributed by atoms with Crippen LogP contribution in [0.1, 0.15) is 25.0 Å². The first-order valence-electron chi connectivity index (χ1n) is 12.2. The van der Waals surface area contributed by atoms with E-state index in [9.17, 15) is 14.7 Å². The van der Waals surface area contributed by atoms with Gasteiger partial charge in [-0.2, -0.15) is 0 Å². The fourth-order valence-electron chi connectivity index (χ4n) is 4.23. The number of aliphatic hydroxyl groups is 1. The molecule has 0 aliphatic carbocycles. The van der Waals surface area contributed by atoms with Crippen LogP contribution >= 0.6 is 11.6 Å². The summed E-state index contributed by atoms with van der Waals surface area (Å²) in [5.41, 5.74) is 3.05. The monoisotopic (exact) mass is 519 g/mol. The minimum absolute atomic E-state index is 0.247. The highest BCUT2D eigenvalue weighted by molar-refractivity contribution is 6.30. The van der Waals surface area contributed by atoms with Crippen molar-refractivity contribution in [1.29, 1.82) is 0 Å². The van der Waals surface area contributed by atoms with Crippen molar-refractivity contribution in [2.45, 2.75) is 26.2 Å². The first-order chi connectivity index (χ1) is 17.9. The lowest BCUT2D eigenvalue weighted by molar-refractivity contribution is -0.122. The van der Waals surface area contributed by atoms with Crippen LogP contribution in [0, 0.1) is 0 Å². The van der Waals surface area contributed by atoms with Gasteiger partial charge in [0.25, 0.3) is 5.91 Å². The summed E-state index contributed by atoms with van der Waals surface area (Å²) in [7, 11) is 0. The van der Waals surface area contributed by atoms with Gasteiger partial charge in [0, 0.05) is 28.4 Å². The molecule has 2 atom stereocenters. The van der Waals surface area contributed by atoms with E-state index >= 15 is 0 Å². The molecule has 0 radical (unpaired) electrons. The second-order valence-corrected chi connectivity index (χ2v) is 8.98. The fourth-order valence-corrected chi connectivity index (χ4v) is 4.36. The number of anilines is 2. The number of benzene rings is 3. The van der Waals surface area contributed by atoms with E-state index in [1.165, 1.54) is 4.90 Å². The molecule has 3 aromatic carbocycles. The van der Waals surface area contributed by atoms with E-state index in [1.807, 2.05) is 67.3 Å². The normalized spacial score (nSPS) is 16.0. The molecule has 1 unspecified atom stereocenters. The van der Waals surface area contributed by atoms with E-state index in [-0.39, 0.29) is 6.54 Å². The zero-order valence-electron chi connectivity index (χ0n) is 20.8. The van der Waals surface area contributed by atoms with Crippen LogP contribution in [0.15, 0.2) is 83.9 Å². The minimum Gasteiger partial charge on any atom is -0.372 e. The Labute approximate surface area is 221 Å². The van der Waals surface area contributed by atoms with Crippen LogP contribution in [0.5, 0.6) is 0 Å². The molecule has 0 spiro atoms. The highest BCUT2D eigenvalue weighted by Gasteiger charge is 2.36. The Bertz CT molecular complexity index is 1260. The van der Waals surface area contributed by atoms with Crippen LogP contribution in [0.3, 0.4) is 0 Å². The third-order valence-electron chi connectivity index (χ3n) is 6.18. The quantitative estimate of drug-likeness (QED) is 0.412. The molecule has 0 fully saturated rings. The summed E-state index contributed by atoms with van der Waals surface area (Å²) >= 11 is 5.94. The van der Waals surface area contributed by atoms with Crippen LogP contribution < -0.4 is 15.5 Å². The summed E-state index contributed by atoms with van der Waals surface area (Å²) in [6, 6.07) is 22.8. The number of urea groups is 1. The maximum absolute atomic E-state index is 13.9. The largest absolute Gasteiger partial charge is 0.372 e. The predicted molar refractivity (Wildman–Crippen MR) is 147 cm³/mol. The Morgan fingerprint density at radius 1 is 1.03 bits per heavy atom. The van der Waals surface area contributed by atoms with Crippen molar-refractivity contribution in [3.05, 3.63) is 95.0 Å². The number of nitrogens with zero attached hydrogens (tertiary/aromatic N) is 3. The number of fused-ring (bicyclic) bond motifs is 1. The number of amides is 3. The molecule has 4 rings (SSSR count). The molecule has 8 nitrogen and oxygen atoms in total. The van der Waals surface area contributed by atoms with Gasteiger partial charge in [0.15, 0.2) is 0 Å². The van der Waals surface area contributed by atoms with Gasteiger partial charge < -0.3 is 15.7 Å². The zero-order chi connectivity index (χ0) is 26.4. The van der Waals surface area contributed by atoms with Crippen LogP contribution in [-0.4, -0.2) is 59.7 Å². The summed E-state index contributed by atoms with van der Waals surface area (Å²) < 4.78 is 0. The number of halogens is 1. The molecule has 3 amide bonds. The lowest BCUT2D eigenvalue weighted by Gasteiger charge is -2.33. The molecule has 9 heteroatoms. The molecule has 3 N–H and O–H groups in total. The summed E-state index contributed by atoms with van der Waals surface area (Å²) in [6.45, 7) is 5.67. The molecule has 1 aliphatic heterocycles. The molecule has 0 aromatic heterocycles. The number of carbonyl (C=O) groups excluding carboxylic acids is 2. The van der Waals surface area contributed by atoms with Gasteiger partial charge >= 0.3 is 6.03 Å². The van der Waals surface area contributed by atoms with Crippen molar-refractivity contribution in [2.24, 2.45) is 4.99 Å². The molecular weight excluding hydrogens is 490 g/mol. The molecular formula is C28H30ClN5O3. The number of rotatable bonds is 8. The smallest absolute Gasteiger partial charge is 0.321 e. The van der Waals surface area contributed by atoms with Crippen molar-refractivity contribution in [3.8, 4) is 0 Å². The SMILES string of the molecule is CCN(CC)C[C@H](O)N1C(=O)C(NC(=O)Nc2ccc(Cl)cc2)N=C(c2ccccc2)c2ccccc21. The standard InChI is InChI=1S/C28H30ClN5O3/c1-3-33(4-2)18-24(35)34-23-13-9-8-12-22(23)25(19-10-6-5-7-11-19)31-26(27(34)36)32-28(37)30-21-16-14-20(29)15-17-21/h5-17,24,26,35H,3-4,18H2,1-2H3,(H2,30,32,37)/t24-,26?/m0/s1. The molecule has 192 valence electrons. The number of likely N-dealkylation sites (N-methyl/N-ethyl adjacent to an activating group) is 1. The number of hydrogen-bond donors (Lipinski definition) is 3. The van der Waals surface area contributed by atoms with Crippen LogP contribution in [0.4, 0.5) is 16.2 Å². The van der Waals surface area contributed by atoms with E-state index in [0.717, 1.165) is 5.56 Å². The molecule has 0 bridgehead atoms. The summed E-state index contributed by atoms with van der Waals surface area (Å²) in [5.74, 6) is -0.538. The van der Waals surface area contributed by atoms with Crippen molar-refractivity contribution in [1.82, 2.24) is 10.2 Å². The Balaban J connectivity index is 1.74. The lowest BCUT2D eigenvalue weighted by atomic mass is 10.00. The number of para-hydroxylation sites is 1. The predicted octanol–water partition coefficient (Wildman–Crippen LogP) is 4.33. The topological polar surface area (TPSA) is 97.3 Å². The van der Waals surface area contributed by atoms with Crippen LogP contribution in [-0.2, 0) is 4.79 Å². The van der Waals surface area contributed by atoms with Gasteiger partial charge in [0.1, 0.15) is 6.23 Å². The Morgan fingerprint density at radius 2 is 1.68 bits per heavy atom. The molecule has 0 saturated carbocycles. The Hall–Kier alpha value is -3.72. The third-order valence-corrected chi connectivity index (χ3v) is 6.43. The molecule has 0 saturated heterocycles. The van der Waals surface area contributed by atoms with Gasteiger partial charge in [-0.1, -0.05) is 74.0 Å². The maximum atomic E-state index is 13.9. The highest BCUT2D eigenvalue weighted by Crippen LogP contribution is 2.29. The first kappa shape index (κ1) is 26.3. The van der Waals surface area contributed by atoms with Gasteiger partial charge in [-0.05, 0) is 43.4 Å². The maximum Gasteiger partial charge on any atom is 0.321 e. The van der Waals surface area contributed by atoms with E-state index in [4.69, 9.17) is 16.6 Å². The minimum atomic E-state index is -1.28. The second-order valence-electron chi connectivity index (χ2n) is 8.54. The van der Waals surface area contributed by atoms with Gasteiger partial charge in [-0.15, -0.1) is 0 Å².